The van der Waals surface area contributed by atoms with Gasteiger partial charge in [-0.25, -0.2) is 0 Å². The van der Waals surface area contributed by atoms with Crippen molar-refractivity contribution in [2.75, 3.05) is 20.2 Å². The Hall–Kier alpha value is -1.52. The predicted octanol–water partition coefficient (Wildman–Crippen LogP) is 3.33. The van der Waals surface area contributed by atoms with Gasteiger partial charge in [0.1, 0.15) is 0 Å². The Morgan fingerprint density at radius 3 is 2.60 bits per heavy atom. The van der Waals surface area contributed by atoms with Crippen LogP contribution < -0.4 is 10.6 Å². The molecule has 1 aromatic rings. The van der Waals surface area contributed by atoms with Gasteiger partial charge in [0.25, 0.3) is 0 Å². The number of alkyl halides is 3. The molecule has 1 aromatic carbocycles. The van der Waals surface area contributed by atoms with E-state index >= 15 is 0 Å². The summed E-state index contributed by atoms with van der Waals surface area (Å²) < 4.78 is 42.8. The molecular formula is C16H23F3IN3O2. The summed E-state index contributed by atoms with van der Waals surface area (Å²) in [5, 5.41) is 5.92. The summed E-state index contributed by atoms with van der Waals surface area (Å²) in [6, 6.07) is 5.11. The number of ether oxygens (including phenoxy) is 1. The summed E-state index contributed by atoms with van der Waals surface area (Å²) in [6.07, 6.45) is -3.49. The van der Waals surface area contributed by atoms with Gasteiger partial charge in [-0.2, -0.15) is 13.2 Å². The molecule has 5 nitrogen and oxygen atoms in total. The van der Waals surface area contributed by atoms with Crippen LogP contribution in [0.5, 0.6) is 0 Å². The fraction of sp³-hybridized carbons (Fsp3) is 0.500. The molecule has 0 atom stereocenters. The second-order valence-corrected chi connectivity index (χ2v) is 4.96. The van der Waals surface area contributed by atoms with Crippen molar-refractivity contribution in [3.63, 3.8) is 0 Å². The molecule has 0 fully saturated rings. The summed E-state index contributed by atoms with van der Waals surface area (Å²) in [5.41, 5.74) is -0.182. The molecular weight excluding hydrogens is 450 g/mol. The van der Waals surface area contributed by atoms with E-state index in [-0.39, 0.29) is 36.5 Å². The van der Waals surface area contributed by atoms with E-state index in [1.54, 1.807) is 20.0 Å². The van der Waals surface area contributed by atoms with Crippen LogP contribution in [0.2, 0.25) is 0 Å². The second kappa shape index (κ2) is 11.9. The van der Waals surface area contributed by atoms with E-state index in [9.17, 15) is 18.0 Å². The number of benzene rings is 1. The summed E-state index contributed by atoms with van der Waals surface area (Å²) in [5.74, 6) is 0.197. The Bertz CT molecular complexity index is 566. The van der Waals surface area contributed by atoms with Crippen LogP contribution in [0.1, 0.15) is 30.9 Å². The molecule has 0 bridgehead atoms. The Kier molecular flexibility index (Phi) is 11.2. The molecule has 1 rings (SSSR count). The molecule has 0 amide bonds. The first-order chi connectivity index (χ1) is 11.4. The van der Waals surface area contributed by atoms with Gasteiger partial charge in [-0.3, -0.25) is 9.79 Å². The minimum Gasteiger partial charge on any atom is -0.466 e. The first-order valence-electron chi connectivity index (χ1n) is 7.63. The maximum absolute atomic E-state index is 12.7. The van der Waals surface area contributed by atoms with Crippen molar-refractivity contribution < 1.29 is 22.7 Å². The molecule has 0 saturated heterocycles. The van der Waals surface area contributed by atoms with E-state index < -0.39 is 11.7 Å². The lowest BCUT2D eigenvalue weighted by Crippen LogP contribution is -2.37. The number of carbonyl (C=O) groups is 1. The standard InChI is InChI=1S/C16H22F3N3O2.HI/c1-3-24-14(23)8-5-9-21-15(20-2)22-11-12-6-4-7-13(10-12)16(17,18)19;/h4,6-7,10H,3,5,8-9,11H2,1-2H3,(H2,20,21,22);1H. The van der Waals surface area contributed by atoms with Gasteiger partial charge in [0.15, 0.2) is 5.96 Å². The van der Waals surface area contributed by atoms with Crippen LogP contribution in [-0.2, 0) is 22.3 Å². The highest BCUT2D eigenvalue weighted by atomic mass is 127. The van der Waals surface area contributed by atoms with E-state index in [4.69, 9.17) is 4.74 Å². The molecule has 0 radical (unpaired) electrons. The van der Waals surface area contributed by atoms with Crippen molar-refractivity contribution in [1.82, 2.24) is 10.6 Å². The van der Waals surface area contributed by atoms with Crippen LogP contribution in [0.25, 0.3) is 0 Å². The molecule has 9 heteroatoms. The van der Waals surface area contributed by atoms with Crippen molar-refractivity contribution >= 4 is 35.9 Å². The molecule has 25 heavy (non-hydrogen) atoms. The van der Waals surface area contributed by atoms with Gasteiger partial charge in [0, 0.05) is 26.6 Å². The zero-order valence-corrected chi connectivity index (χ0v) is 16.5. The average Bonchev–Trinajstić information content (AvgIpc) is 2.54. The Labute approximate surface area is 162 Å². The maximum Gasteiger partial charge on any atom is 0.416 e. The van der Waals surface area contributed by atoms with Crippen LogP contribution in [0.4, 0.5) is 13.2 Å². The van der Waals surface area contributed by atoms with Gasteiger partial charge < -0.3 is 15.4 Å². The molecule has 0 spiro atoms. The molecule has 0 aliphatic carbocycles. The number of rotatable bonds is 7. The SMILES string of the molecule is CCOC(=O)CCCNC(=NC)NCc1cccc(C(F)(F)F)c1.I. The van der Waals surface area contributed by atoms with Crippen LogP contribution in [0.3, 0.4) is 0 Å². The number of nitrogens with zero attached hydrogens (tertiary/aromatic N) is 1. The molecule has 0 aliphatic rings. The van der Waals surface area contributed by atoms with Crippen molar-refractivity contribution in [3.05, 3.63) is 35.4 Å². The molecule has 2 N–H and O–H groups in total. The molecule has 0 heterocycles. The Morgan fingerprint density at radius 2 is 2.00 bits per heavy atom. The highest BCUT2D eigenvalue weighted by molar-refractivity contribution is 14.0. The quantitative estimate of drug-likeness (QED) is 0.210. The zero-order valence-electron chi connectivity index (χ0n) is 14.2. The number of carbonyl (C=O) groups excluding carboxylic acids is 1. The maximum atomic E-state index is 12.7. The first kappa shape index (κ1) is 23.5. The third kappa shape index (κ3) is 9.51. The van der Waals surface area contributed by atoms with E-state index in [1.165, 1.54) is 6.07 Å². The monoisotopic (exact) mass is 473 g/mol. The van der Waals surface area contributed by atoms with E-state index in [0.29, 0.717) is 37.5 Å². The molecule has 0 unspecified atom stereocenters. The van der Waals surface area contributed by atoms with Crippen LogP contribution in [-0.4, -0.2) is 32.1 Å². The normalized spacial score (nSPS) is 11.5. The predicted molar refractivity (Wildman–Crippen MR) is 101 cm³/mol. The molecule has 0 aromatic heterocycles. The summed E-state index contributed by atoms with van der Waals surface area (Å²) >= 11 is 0. The number of halogens is 4. The van der Waals surface area contributed by atoms with Crippen LogP contribution in [0.15, 0.2) is 29.3 Å². The Balaban J connectivity index is 0.00000576. The van der Waals surface area contributed by atoms with E-state index in [1.807, 2.05) is 0 Å². The van der Waals surface area contributed by atoms with Gasteiger partial charge in [-0.05, 0) is 31.0 Å². The highest BCUT2D eigenvalue weighted by Crippen LogP contribution is 2.29. The number of aliphatic imine (C=N–C) groups is 1. The smallest absolute Gasteiger partial charge is 0.416 e. The lowest BCUT2D eigenvalue weighted by Gasteiger charge is -2.13. The van der Waals surface area contributed by atoms with E-state index in [0.717, 1.165) is 12.1 Å². The third-order valence-electron chi connectivity index (χ3n) is 3.09. The lowest BCUT2D eigenvalue weighted by molar-refractivity contribution is -0.143. The fourth-order valence-corrected chi connectivity index (χ4v) is 1.94. The summed E-state index contributed by atoms with van der Waals surface area (Å²) in [7, 11) is 1.56. The van der Waals surface area contributed by atoms with Gasteiger partial charge in [0.2, 0.25) is 0 Å². The highest BCUT2D eigenvalue weighted by Gasteiger charge is 2.30. The first-order valence-corrected chi connectivity index (χ1v) is 7.63. The van der Waals surface area contributed by atoms with Crippen molar-refractivity contribution in [3.8, 4) is 0 Å². The largest absolute Gasteiger partial charge is 0.466 e. The van der Waals surface area contributed by atoms with Crippen molar-refractivity contribution in [2.24, 2.45) is 4.99 Å². The number of guanidine groups is 1. The van der Waals surface area contributed by atoms with Gasteiger partial charge in [0.05, 0.1) is 12.2 Å². The molecule has 0 saturated carbocycles. The van der Waals surface area contributed by atoms with Crippen LogP contribution >= 0.6 is 24.0 Å². The van der Waals surface area contributed by atoms with E-state index in [2.05, 4.69) is 15.6 Å². The fourth-order valence-electron chi connectivity index (χ4n) is 1.94. The topological polar surface area (TPSA) is 62.7 Å². The third-order valence-corrected chi connectivity index (χ3v) is 3.09. The Morgan fingerprint density at radius 1 is 1.28 bits per heavy atom. The van der Waals surface area contributed by atoms with Crippen LogP contribution in [0, 0.1) is 0 Å². The minimum atomic E-state index is -4.36. The summed E-state index contributed by atoms with van der Waals surface area (Å²) in [6.45, 7) is 2.81. The number of hydrogen-bond donors (Lipinski definition) is 2. The summed E-state index contributed by atoms with van der Waals surface area (Å²) in [4.78, 5) is 15.2. The lowest BCUT2D eigenvalue weighted by atomic mass is 10.1. The van der Waals surface area contributed by atoms with Gasteiger partial charge in [-0.15, -0.1) is 24.0 Å². The number of nitrogens with one attached hydrogen (secondary N) is 2. The van der Waals surface area contributed by atoms with Crippen molar-refractivity contribution in [1.29, 1.82) is 0 Å². The number of esters is 1. The molecule has 142 valence electrons. The van der Waals surface area contributed by atoms with Gasteiger partial charge >= 0.3 is 12.1 Å². The zero-order chi connectivity index (χ0) is 18.0. The number of hydrogen-bond acceptors (Lipinski definition) is 3. The van der Waals surface area contributed by atoms with Crippen molar-refractivity contribution in [2.45, 2.75) is 32.5 Å². The average molecular weight is 473 g/mol. The molecule has 0 aliphatic heterocycles. The van der Waals surface area contributed by atoms with Gasteiger partial charge in [-0.1, -0.05) is 12.1 Å². The second-order valence-electron chi connectivity index (χ2n) is 4.96. The minimum absolute atomic E-state index is 0.